The lowest BCUT2D eigenvalue weighted by atomic mass is 10.1. The van der Waals surface area contributed by atoms with Crippen LogP contribution in [0.15, 0.2) is 18.2 Å². The van der Waals surface area contributed by atoms with E-state index in [1.807, 2.05) is 32.0 Å². The van der Waals surface area contributed by atoms with Gasteiger partial charge in [-0.25, -0.2) is 4.79 Å². The molecule has 1 unspecified atom stereocenters. The quantitative estimate of drug-likeness (QED) is 0.872. The molecule has 0 saturated heterocycles. The monoisotopic (exact) mass is 291 g/mol. The number of carbonyl (C=O) groups is 2. The summed E-state index contributed by atoms with van der Waals surface area (Å²) in [5.41, 5.74) is 2.26. The van der Waals surface area contributed by atoms with E-state index in [1.54, 1.807) is 0 Å². The molecule has 5 heteroatoms. The van der Waals surface area contributed by atoms with Crippen LogP contribution in [0.1, 0.15) is 30.9 Å². The first-order valence-corrected chi connectivity index (χ1v) is 7.14. The number of aryl methyl sites for hydroxylation is 2. The van der Waals surface area contributed by atoms with Crippen LogP contribution in [0.4, 0.5) is 0 Å². The number of carboxylic acid groups (broad SMARTS) is 1. The Bertz CT molecular complexity index is 551. The van der Waals surface area contributed by atoms with Gasteiger partial charge >= 0.3 is 5.97 Å². The lowest BCUT2D eigenvalue weighted by Gasteiger charge is -2.26. The minimum atomic E-state index is -0.985. The van der Waals surface area contributed by atoms with Crippen molar-refractivity contribution in [2.24, 2.45) is 0 Å². The van der Waals surface area contributed by atoms with Gasteiger partial charge in [-0.15, -0.1) is 0 Å². The molecule has 1 aromatic rings. The van der Waals surface area contributed by atoms with Gasteiger partial charge in [0.15, 0.2) is 6.61 Å². The summed E-state index contributed by atoms with van der Waals surface area (Å²) in [6, 6.07) is 4.87. The van der Waals surface area contributed by atoms with Crippen molar-refractivity contribution in [2.45, 2.75) is 45.7 Å². The molecule has 21 heavy (non-hydrogen) atoms. The van der Waals surface area contributed by atoms with E-state index in [4.69, 9.17) is 9.84 Å². The minimum Gasteiger partial charge on any atom is -0.484 e. The molecule has 0 bridgehead atoms. The Kier molecular flexibility index (Phi) is 4.50. The highest BCUT2D eigenvalue weighted by atomic mass is 16.5. The molecule has 0 aliphatic heterocycles. The summed E-state index contributed by atoms with van der Waals surface area (Å²) in [7, 11) is 0. The molecule has 2 rings (SSSR count). The fraction of sp³-hybridized carbons (Fsp3) is 0.500. The molecule has 1 N–H and O–H groups in total. The van der Waals surface area contributed by atoms with Gasteiger partial charge in [-0.1, -0.05) is 6.07 Å². The van der Waals surface area contributed by atoms with Crippen LogP contribution in [0.3, 0.4) is 0 Å². The number of hydrogen-bond donors (Lipinski definition) is 1. The predicted molar refractivity (Wildman–Crippen MR) is 78.4 cm³/mol. The molecule has 1 atom stereocenters. The van der Waals surface area contributed by atoms with Crippen LogP contribution in [-0.4, -0.2) is 40.6 Å². The maximum atomic E-state index is 12.2. The summed E-state index contributed by atoms with van der Waals surface area (Å²) >= 11 is 0. The van der Waals surface area contributed by atoms with E-state index >= 15 is 0 Å². The predicted octanol–water partition coefficient (Wildman–Crippen LogP) is 2.15. The van der Waals surface area contributed by atoms with Gasteiger partial charge < -0.3 is 14.7 Å². The zero-order valence-corrected chi connectivity index (χ0v) is 12.6. The maximum Gasteiger partial charge on any atom is 0.326 e. The molecule has 1 aliphatic rings. The molecule has 1 aliphatic carbocycles. The Morgan fingerprint density at radius 3 is 2.52 bits per heavy atom. The molecule has 1 fully saturated rings. The summed E-state index contributed by atoms with van der Waals surface area (Å²) < 4.78 is 5.51. The minimum absolute atomic E-state index is 0.0481. The zero-order valence-electron chi connectivity index (χ0n) is 12.6. The Morgan fingerprint density at radius 2 is 2.00 bits per heavy atom. The third-order valence-electron chi connectivity index (χ3n) is 3.84. The van der Waals surface area contributed by atoms with Gasteiger partial charge in [-0.2, -0.15) is 0 Å². The van der Waals surface area contributed by atoms with E-state index in [2.05, 4.69) is 0 Å². The van der Waals surface area contributed by atoms with Crippen LogP contribution in [-0.2, 0) is 9.59 Å². The van der Waals surface area contributed by atoms with Gasteiger partial charge in [0.05, 0.1) is 0 Å². The molecule has 0 heterocycles. The van der Waals surface area contributed by atoms with Gasteiger partial charge in [0, 0.05) is 6.04 Å². The molecule has 0 aromatic heterocycles. The van der Waals surface area contributed by atoms with Crippen molar-refractivity contribution in [3.63, 3.8) is 0 Å². The second kappa shape index (κ2) is 6.16. The maximum absolute atomic E-state index is 12.2. The number of rotatable bonds is 6. The van der Waals surface area contributed by atoms with Crippen molar-refractivity contribution < 1.29 is 19.4 Å². The standard InChI is InChI=1S/C16H21NO4/c1-10-4-7-14(8-11(10)2)21-9-15(18)17(13-5-6-13)12(3)16(19)20/h4,7-8,12-13H,5-6,9H2,1-3H3,(H,19,20). The zero-order chi connectivity index (χ0) is 15.6. The molecule has 114 valence electrons. The van der Waals surface area contributed by atoms with Gasteiger partial charge in [-0.05, 0) is 56.9 Å². The van der Waals surface area contributed by atoms with Crippen LogP contribution in [0.25, 0.3) is 0 Å². The first-order valence-electron chi connectivity index (χ1n) is 7.14. The smallest absolute Gasteiger partial charge is 0.326 e. The lowest BCUT2D eigenvalue weighted by molar-refractivity contribution is -0.150. The topological polar surface area (TPSA) is 66.8 Å². The number of amides is 1. The SMILES string of the molecule is Cc1ccc(OCC(=O)N(C2CC2)C(C)C(=O)O)cc1C. The highest BCUT2D eigenvalue weighted by Crippen LogP contribution is 2.29. The number of aliphatic carboxylic acids is 1. The largest absolute Gasteiger partial charge is 0.484 e. The fourth-order valence-corrected chi connectivity index (χ4v) is 2.23. The molecular weight excluding hydrogens is 270 g/mol. The van der Waals surface area contributed by atoms with E-state index < -0.39 is 12.0 Å². The molecule has 1 aromatic carbocycles. The second-order valence-electron chi connectivity index (χ2n) is 5.58. The lowest BCUT2D eigenvalue weighted by Crippen LogP contribution is -2.46. The number of hydrogen-bond acceptors (Lipinski definition) is 3. The normalized spacial score (nSPS) is 15.4. The summed E-state index contributed by atoms with van der Waals surface area (Å²) in [4.78, 5) is 24.8. The van der Waals surface area contributed by atoms with E-state index in [9.17, 15) is 9.59 Å². The Balaban J connectivity index is 1.99. The third-order valence-corrected chi connectivity index (χ3v) is 3.84. The average molecular weight is 291 g/mol. The summed E-state index contributed by atoms with van der Waals surface area (Å²) in [5.74, 6) is -0.628. The molecule has 0 radical (unpaired) electrons. The fourth-order valence-electron chi connectivity index (χ4n) is 2.23. The first-order chi connectivity index (χ1) is 9.90. The van der Waals surface area contributed by atoms with Crippen LogP contribution >= 0.6 is 0 Å². The number of ether oxygens (including phenoxy) is 1. The van der Waals surface area contributed by atoms with E-state index in [-0.39, 0.29) is 18.6 Å². The van der Waals surface area contributed by atoms with Crippen LogP contribution < -0.4 is 4.74 Å². The molecular formula is C16H21NO4. The highest BCUT2D eigenvalue weighted by molar-refractivity contribution is 5.84. The van der Waals surface area contributed by atoms with E-state index in [0.717, 1.165) is 24.0 Å². The van der Waals surface area contributed by atoms with E-state index in [0.29, 0.717) is 5.75 Å². The Labute approximate surface area is 124 Å². The van der Waals surface area contributed by atoms with Gasteiger partial charge in [0.1, 0.15) is 11.8 Å². The molecule has 1 amide bonds. The van der Waals surface area contributed by atoms with Crippen molar-refractivity contribution in [1.82, 2.24) is 4.90 Å². The van der Waals surface area contributed by atoms with Crippen molar-refractivity contribution >= 4 is 11.9 Å². The Morgan fingerprint density at radius 1 is 1.33 bits per heavy atom. The number of carboxylic acids is 1. The van der Waals surface area contributed by atoms with E-state index in [1.165, 1.54) is 11.8 Å². The summed E-state index contributed by atoms with van der Waals surface area (Å²) in [5, 5.41) is 9.10. The van der Waals surface area contributed by atoms with Gasteiger partial charge in [0.2, 0.25) is 0 Å². The van der Waals surface area contributed by atoms with Crippen molar-refractivity contribution in [3.05, 3.63) is 29.3 Å². The van der Waals surface area contributed by atoms with Crippen LogP contribution in [0.2, 0.25) is 0 Å². The average Bonchev–Trinajstić information content (AvgIpc) is 3.24. The number of benzene rings is 1. The third kappa shape index (κ3) is 3.74. The molecule has 1 saturated carbocycles. The Hall–Kier alpha value is -2.04. The number of nitrogens with zero attached hydrogens (tertiary/aromatic N) is 1. The molecule has 5 nitrogen and oxygen atoms in total. The van der Waals surface area contributed by atoms with Gasteiger partial charge in [-0.3, -0.25) is 4.79 Å². The highest BCUT2D eigenvalue weighted by Gasteiger charge is 2.38. The van der Waals surface area contributed by atoms with Gasteiger partial charge in [0.25, 0.3) is 5.91 Å². The summed E-state index contributed by atoms with van der Waals surface area (Å²) in [6.45, 7) is 5.39. The van der Waals surface area contributed by atoms with Crippen LogP contribution in [0, 0.1) is 13.8 Å². The summed E-state index contributed by atoms with van der Waals surface area (Å²) in [6.07, 6.45) is 1.74. The molecule has 0 spiro atoms. The first kappa shape index (κ1) is 15.4. The van der Waals surface area contributed by atoms with Crippen molar-refractivity contribution in [2.75, 3.05) is 6.61 Å². The van der Waals surface area contributed by atoms with Crippen LogP contribution in [0.5, 0.6) is 5.75 Å². The van der Waals surface area contributed by atoms with Crippen molar-refractivity contribution in [3.8, 4) is 5.75 Å². The number of carbonyl (C=O) groups excluding carboxylic acids is 1. The second-order valence-corrected chi connectivity index (χ2v) is 5.58. The van der Waals surface area contributed by atoms with Crippen molar-refractivity contribution in [1.29, 1.82) is 0 Å².